The van der Waals surface area contributed by atoms with Crippen LogP contribution >= 0.6 is 8.58 Å². The molecule has 0 aliphatic heterocycles. The number of allylic oxidation sites excluding steroid dienone is 8. The average molecular weight is 372 g/mol. The topological polar surface area (TPSA) is 0 Å². The maximum atomic E-state index is 2.24. The zero-order valence-electron chi connectivity index (χ0n) is 13.5. The monoisotopic (exact) mass is 372 g/mol. The average Bonchev–Trinajstić information content (AvgIpc) is 3.32. The van der Waals surface area contributed by atoms with E-state index in [1.165, 1.54) is 25.6 Å². The maximum absolute atomic E-state index is 2.24. The van der Waals surface area contributed by atoms with E-state index in [9.17, 15) is 0 Å². The number of hydrogen-bond acceptors (Lipinski definition) is 0. The Morgan fingerprint density at radius 3 is 1.46 bits per heavy atom. The SMILES string of the molecule is C1=CC[C]([Fe][C]2=CC=CC2)=C1.c1ccc(Pc2ccccc2)cc1. The van der Waals surface area contributed by atoms with E-state index in [4.69, 9.17) is 0 Å². The molecule has 0 fully saturated rings. The Balaban J connectivity index is 0.000000143. The van der Waals surface area contributed by atoms with Crippen molar-refractivity contribution in [2.24, 2.45) is 0 Å². The summed E-state index contributed by atoms with van der Waals surface area (Å²) in [5.41, 5.74) is 0. The summed E-state index contributed by atoms with van der Waals surface area (Å²) in [5, 5.41) is 2.79. The molecular weight excluding hydrogens is 351 g/mol. The molecule has 0 unspecified atom stereocenters. The molecule has 4 rings (SSSR count). The molecule has 0 saturated heterocycles. The first-order chi connectivity index (χ1) is 11.9. The number of hydrogen-bond donors (Lipinski definition) is 0. The van der Waals surface area contributed by atoms with E-state index >= 15 is 0 Å². The van der Waals surface area contributed by atoms with Crippen LogP contribution in [0.1, 0.15) is 12.8 Å². The molecule has 0 bridgehead atoms. The van der Waals surface area contributed by atoms with Crippen LogP contribution in [0.2, 0.25) is 0 Å². The summed E-state index contributed by atoms with van der Waals surface area (Å²) in [6.45, 7) is 0. The van der Waals surface area contributed by atoms with Crippen molar-refractivity contribution in [1.82, 2.24) is 0 Å². The molecule has 0 heterocycles. The van der Waals surface area contributed by atoms with Gasteiger partial charge in [0, 0.05) is 0 Å². The van der Waals surface area contributed by atoms with Crippen molar-refractivity contribution in [3.05, 3.63) is 106 Å². The van der Waals surface area contributed by atoms with Gasteiger partial charge in [-0.05, 0) is 10.6 Å². The number of benzene rings is 2. The van der Waals surface area contributed by atoms with Crippen LogP contribution in [0.5, 0.6) is 0 Å². The minimum atomic E-state index is 0.777. The van der Waals surface area contributed by atoms with Crippen molar-refractivity contribution in [3.8, 4) is 0 Å². The van der Waals surface area contributed by atoms with E-state index in [1.54, 1.807) is 8.94 Å². The van der Waals surface area contributed by atoms with Gasteiger partial charge in [-0.1, -0.05) is 69.2 Å². The van der Waals surface area contributed by atoms with Gasteiger partial charge in [-0.3, -0.25) is 0 Å². The predicted octanol–water partition coefficient (Wildman–Crippen LogP) is 5.07. The Morgan fingerprint density at radius 1 is 0.625 bits per heavy atom. The summed E-state index contributed by atoms with van der Waals surface area (Å²) in [4.78, 5) is 0. The molecule has 122 valence electrons. The van der Waals surface area contributed by atoms with Crippen molar-refractivity contribution < 1.29 is 15.0 Å². The fourth-order valence-corrected chi connectivity index (χ4v) is 4.71. The van der Waals surface area contributed by atoms with Gasteiger partial charge >= 0.3 is 73.2 Å². The zero-order valence-corrected chi connectivity index (χ0v) is 15.6. The van der Waals surface area contributed by atoms with E-state index < -0.39 is 0 Å². The Bertz CT molecular complexity index is 690. The molecule has 24 heavy (non-hydrogen) atoms. The Hall–Kier alpha value is -1.65. The third-order valence-corrected chi connectivity index (χ3v) is 6.27. The van der Waals surface area contributed by atoms with Crippen molar-refractivity contribution in [3.63, 3.8) is 0 Å². The molecular formula is C22H21FeP. The molecule has 0 atom stereocenters. The van der Waals surface area contributed by atoms with Crippen LogP contribution in [0, 0.1) is 0 Å². The van der Waals surface area contributed by atoms with E-state index in [2.05, 4.69) is 97.1 Å². The van der Waals surface area contributed by atoms with E-state index in [-0.39, 0.29) is 0 Å². The fourth-order valence-electron chi connectivity index (χ4n) is 2.32. The van der Waals surface area contributed by atoms with Crippen LogP contribution in [0.4, 0.5) is 0 Å². The first-order valence-electron chi connectivity index (χ1n) is 8.11. The van der Waals surface area contributed by atoms with E-state index in [0.717, 1.165) is 21.4 Å². The summed E-state index contributed by atoms with van der Waals surface area (Å²) in [6.07, 6.45) is 15.5. The third kappa shape index (κ3) is 5.77. The number of rotatable bonds is 4. The van der Waals surface area contributed by atoms with Crippen LogP contribution in [-0.4, -0.2) is 0 Å². The first kappa shape index (κ1) is 17.2. The second-order valence-corrected chi connectivity index (χ2v) is 8.50. The van der Waals surface area contributed by atoms with E-state index in [1.807, 2.05) is 0 Å². The van der Waals surface area contributed by atoms with Gasteiger partial charge in [-0.2, -0.15) is 0 Å². The second kappa shape index (κ2) is 9.60. The van der Waals surface area contributed by atoms with Gasteiger partial charge in [-0.25, -0.2) is 0 Å². The molecule has 0 amide bonds. The van der Waals surface area contributed by atoms with Crippen LogP contribution in [-0.2, 0) is 15.0 Å². The summed E-state index contributed by atoms with van der Waals surface area (Å²) >= 11 is 1.18. The molecule has 2 aromatic carbocycles. The Labute approximate surface area is 153 Å². The van der Waals surface area contributed by atoms with Gasteiger partial charge in [0.2, 0.25) is 0 Å². The zero-order chi connectivity index (χ0) is 16.5. The van der Waals surface area contributed by atoms with Crippen LogP contribution in [0.25, 0.3) is 0 Å². The molecule has 0 N–H and O–H groups in total. The molecule has 0 aromatic heterocycles. The largest absolute Gasteiger partial charge is 0.0622 e. The van der Waals surface area contributed by atoms with Gasteiger partial charge in [-0.15, -0.1) is 0 Å². The molecule has 2 heteroatoms. The van der Waals surface area contributed by atoms with Gasteiger partial charge in [0.1, 0.15) is 0 Å². The molecule has 0 radical (unpaired) electrons. The maximum Gasteiger partial charge on any atom is -0.0226 e. The second-order valence-electron chi connectivity index (χ2n) is 5.41. The fraction of sp³-hybridized carbons (Fsp3) is 0.0909. The smallest absolute Gasteiger partial charge is 0.0226 e. The van der Waals surface area contributed by atoms with Gasteiger partial charge in [0.15, 0.2) is 0 Å². The van der Waals surface area contributed by atoms with E-state index in [0.29, 0.717) is 0 Å². The quantitative estimate of drug-likeness (QED) is 0.519. The minimum Gasteiger partial charge on any atom is -0.0622 e. The van der Waals surface area contributed by atoms with Gasteiger partial charge in [0.25, 0.3) is 0 Å². The predicted molar refractivity (Wildman–Crippen MR) is 104 cm³/mol. The van der Waals surface area contributed by atoms with Crippen molar-refractivity contribution in [2.75, 3.05) is 0 Å². The van der Waals surface area contributed by atoms with Gasteiger partial charge in [0.05, 0.1) is 0 Å². The molecule has 0 nitrogen and oxygen atoms in total. The Morgan fingerprint density at radius 2 is 1.08 bits per heavy atom. The van der Waals surface area contributed by atoms with Crippen LogP contribution in [0.3, 0.4) is 0 Å². The third-order valence-electron chi connectivity index (χ3n) is 3.50. The standard InChI is InChI=1S/C12H11P.2C5H5.Fe/c1-3-7-11(8-4-1)13-12-9-5-2-6-10-12;2*1-2-4-5-3-1;/h1-10,13H;2*1-3H,4H2;. The van der Waals surface area contributed by atoms with Crippen LogP contribution < -0.4 is 10.6 Å². The van der Waals surface area contributed by atoms with Crippen molar-refractivity contribution in [1.29, 1.82) is 0 Å². The molecule has 0 saturated carbocycles. The van der Waals surface area contributed by atoms with Crippen LogP contribution in [0.15, 0.2) is 106 Å². The Kier molecular flexibility index (Phi) is 6.87. The molecule has 0 spiro atoms. The minimum absolute atomic E-state index is 0.777. The molecule has 2 aliphatic rings. The van der Waals surface area contributed by atoms with Crippen molar-refractivity contribution in [2.45, 2.75) is 12.8 Å². The summed E-state index contributed by atoms with van der Waals surface area (Å²) in [5.74, 6) is 0. The first-order valence-corrected chi connectivity index (χ1v) is 10.2. The molecule has 2 aliphatic carbocycles. The normalized spacial score (nSPS) is 15.0. The van der Waals surface area contributed by atoms with Crippen molar-refractivity contribution >= 4 is 19.2 Å². The molecule has 2 aromatic rings. The summed E-state index contributed by atoms with van der Waals surface area (Å²) < 4.78 is 3.11. The van der Waals surface area contributed by atoms with Gasteiger partial charge < -0.3 is 0 Å². The summed E-state index contributed by atoms with van der Waals surface area (Å²) in [7, 11) is 0.777. The summed E-state index contributed by atoms with van der Waals surface area (Å²) in [6, 6.07) is 21.2.